The second kappa shape index (κ2) is 9.26. The summed E-state index contributed by atoms with van der Waals surface area (Å²) in [5, 5.41) is 19.3. The number of benzene rings is 4. The zero-order chi connectivity index (χ0) is 27.1. The highest BCUT2D eigenvalue weighted by Gasteiger charge is 2.31. The molecule has 4 aromatic rings. The third-order valence-electron chi connectivity index (χ3n) is 6.66. The van der Waals surface area contributed by atoms with E-state index in [9.17, 15) is 29.4 Å². The molecular formula is C32H20O6. The minimum Gasteiger partial charge on any atom is -0.478 e. The first kappa shape index (κ1) is 24.3. The zero-order valence-corrected chi connectivity index (χ0v) is 20.0. The quantitative estimate of drug-likeness (QED) is 0.276. The van der Waals surface area contributed by atoms with E-state index in [-0.39, 0.29) is 44.9 Å². The van der Waals surface area contributed by atoms with Crippen LogP contribution in [-0.4, -0.2) is 33.7 Å². The van der Waals surface area contributed by atoms with Gasteiger partial charge in [0.15, 0.2) is 11.6 Å². The molecule has 0 saturated carbocycles. The monoisotopic (exact) mass is 500 g/mol. The van der Waals surface area contributed by atoms with E-state index in [0.717, 1.165) is 0 Å². The second-order valence-electron chi connectivity index (χ2n) is 8.81. The van der Waals surface area contributed by atoms with Crippen molar-refractivity contribution < 1.29 is 29.4 Å². The normalized spacial score (nSPS) is 11.9. The lowest BCUT2D eigenvalue weighted by molar-refractivity contribution is 0.0687. The largest absolute Gasteiger partial charge is 0.478 e. The summed E-state index contributed by atoms with van der Waals surface area (Å²) in [6.07, 6.45) is 3.19. The molecule has 0 fully saturated rings. The van der Waals surface area contributed by atoms with E-state index in [1.165, 1.54) is 36.4 Å². The van der Waals surface area contributed by atoms with Crippen LogP contribution in [0.25, 0.3) is 34.4 Å². The highest BCUT2D eigenvalue weighted by molar-refractivity contribution is 6.29. The van der Waals surface area contributed by atoms with Crippen molar-refractivity contribution in [2.75, 3.05) is 0 Å². The summed E-state index contributed by atoms with van der Waals surface area (Å²) in [4.78, 5) is 50.7. The molecule has 2 N–H and O–H groups in total. The molecule has 0 aromatic heterocycles. The van der Waals surface area contributed by atoms with Crippen molar-refractivity contribution in [2.24, 2.45) is 0 Å². The third kappa shape index (κ3) is 3.94. The fraction of sp³-hybridized carbons (Fsp3) is 0. The van der Waals surface area contributed by atoms with E-state index in [1.54, 1.807) is 48.6 Å². The highest BCUT2D eigenvalue weighted by atomic mass is 16.4. The lowest BCUT2D eigenvalue weighted by Crippen LogP contribution is -2.21. The predicted molar refractivity (Wildman–Crippen MR) is 145 cm³/mol. The van der Waals surface area contributed by atoms with E-state index >= 15 is 0 Å². The average molecular weight is 501 g/mol. The van der Waals surface area contributed by atoms with E-state index in [1.807, 2.05) is 0 Å². The molecule has 0 unspecified atom stereocenters. The molecule has 0 amide bonds. The van der Waals surface area contributed by atoms with Crippen LogP contribution < -0.4 is 0 Å². The van der Waals surface area contributed by atoms with E-state index in [2.05, 4.69) is 13.2 Å². The molecule has 0 radical (unpaired) electrons. The van der Waals surface area contributed by atoms with Gasteiger partial charge >= 0.3 is 11.9 Å². The Morgan fingerprint density at radius 1 is 0.526 bits per heavy atom. The van der Waals surface area contributed by atoms with Gasteiger partial charge in [-0.1, -0.05) is 49.6 Å². The first-order valence-electron chi connectivity index (χ1n) is 11.6. The maximum absolute atomic E-state index is 13.5. The average Bonchev–Trinajstić information content (AvgIpc) is 2.94. The summed E-state index contributed by atoms with van der Waals surface area (Å²) >= 11 is 0. The lowest BCUT2D eigenvalue weighted by atomic mass is 9.81. The Bertz CT molecular complexity index is 1610. The summed E-state index contributed by atoms with van der Waals surface area (Å²) in [6.45, 7) is 7.45. The summed E-state index contributed by atoms with van der Waals surface area (Å²) < 4.78 is 0. The van der Waals surface area contributed by atoms with Crippen molar-refractivity contribution in [3.05, 3.63) is 130 Å². The molecule has 0 heterocycles. The summed E-state index contributed by atoms with van der Waals surface area (Å²) in [7, 11) is 0. The van der Waals surface area contributed by atoms with Crippen molar-refractivity contribution in [1.29, 1.82) is 0 Å². The van der Waals surface area contributed by atoms with Crippen LogP contribution in [-0.2, 0) is 0 Å². The molecule has 5 rings (SSSR count). The Balaban J connectivity index is 1.63. The number of carbonyl (C=O) groups is 4. The second-order valence-corrected chi connectivity index (χ2v) is 8.81. The number of carboxylic acid groups (broad SMARTS) is 2. The number of hydrogen-bond donors (Lipinski definition) is 2. The number of carbonyl (C=O) groups excluding carboxylic acids is 2. The number of aromatic carboxylic acids is 2. The van der Waals surface area contributed by atoms with Crippen molar-refractivity contribution >= 4 is 35.7 Å². The molecule has 0 saturated heterocycles. The molecule has 0 bridgehead atoms. The van der Waals surface area contributed by atoms with Gasteiger partial charge in [-0.3, -0.25) is 9.59 Å². The number of hydrogen-bond acceptors (Lipinski definition) is 4. The van der Waals surface area contributed by atoms with Gasteiger partial charge < -0.3 is 10.2 Å². The highest BCUT2D eigenvalue weighted by Crippen LogP contribution is 2.35. The van der Waals surface area contributed by atoms with Crippen LogP contribution >= 0.6 is 0 Å². The molecule has 0 spiro atoms. The first-order chi connectivity index (χ1) is 18.2. The van der Waals surface area contributed by atoms with Crippen LogP contribution in [0.15, 0.2) is 86.0 Å². The minimum atomic E-state index is -1.12. The Morgan fingerprint density at radius 3 is 1.26 bits per heavy atom. The molecule has 38 heavy (non-hydrogen) atoms. The van der Waals surface area contributed by atoms with Gasteiger partial charge in [-0.25, -0.2) is 9.59 Å². The Kier molecular flexibility index (Phi) is 5.93. The summed E-state index contributed by atoms with van der Waals surface area (Å²) in [5.41, 5.74) is 4.06. The summed E-state index contributed by atoms with van der Waals surface area (Å²) in [5.74, 6) is -2.99. The van der Waals surface area contributed by atoms with Crippen LogP contribution in [0.4, 0.5) is 0 Å². The van der Waals surface area contributed by atoms with Gasteiger partial charge in [0, 0.05) is 22.3 Å². The van der Waals surface area contributed by atoms with Crippen molar-refractivity contribution in [2.45, 2.75) is 0 Å². The van der Waals surface area contributed by atoms with Gasteiger partial charge in [0.05, 0.1) is 11.1 Å². The van der Waals surface area contributed by atoms with Gasteiger partial charge in [-0.15, -0.1) is 0 Å². The van der Waals surface area contributed by atoms with E-state index in [4.69, 9.17) is 0 Å². The lowest BCUT2D eigenvalue weighted by Gasteiger charge is -2.20. The Morgan fingerprint density at radius 2 is 0.921 bits per heavy atom. The molecule has 6 heteroatoms. The van der Waals surface area contributed by atoms with Crippen LogP contribution in [0.1, 0.15) is 63.7 Å². The fourth-order valence-electron chi connectivity index (χ4n) is 4.71. The van der Waals surface area contributed by atoms with Gasteiger partial charge in [-0.2, -0.15) is 0 Å². The van der Waals surface area contributed by atoms with Crippen LogP contribution in [0, 0.1) is 0 Å². The smallest absolute Gasteiger partial charge is 0.336 e. The van der Waals surface area contributed by atoms with Crippen LogP contribution in [0.5, 0.6) is 0 Å². The molecule has 0 aliphatic heterocycles. The predicted octanol–water partition coefficient (Wildman–Crippen LogP) is 6.48. The number of rotatable bonds is 6. The zero-order valence-electron chi connectivity index (χ0n) is 20.0. The fourth-order valence-corrected chi connectivity index (χ4v) is 4.71. The SMILES string of the molecule is C=Cc1ccc(C(=O)O)c(-c2ccc3c(c2)C(=O)c2ccc(-c4cc(C=C)ccc4C(=O)O)cc2C3=O)c1. The molecular weight excluding hydrogens is 480 g/mol. The maximum atomic E-state index is 13.5. The Hall–Kier alpha value is -5.36. The number of fused-ring (bicyclic) bond motifs is 2. The van der Waals surface area contributed by atoms with E-state index in [0.29, 0.717) is 33.4 Å². The van der Waals surface area contributed by atoms with Gasteiger partial charge in [0.2, 0.25) is 0 Å². The minimum absolute atomic E-state index is 0.0613. The molecule has 1 aliphatic carbocycles. The van der Waals surface area contributed by atoms with Gasteiger partial charge in [-0.05, 0) is 81.9 Å². The van der Waals surface area contributed by atoms with Gasteiger partial charge in [0.1, 0.15) is 0 Å². The molecule has 0 atom stereocenters. The van der Waals surface area contributed by atoms with Crippen LogP contribution in [0.2, 0.25) is 0 Å². The topological polar surface area (TPSA) is 109 Å². The number of ketones is 2. The van der Waals surface area contributed by atoms with Crippen molar-refractivity contribution in [3.8, 4) is 22.3 Å². The molecule has 184 valence electrons. The first-order valence-corrected chi connectivity index (χ1v) is 11.6. The molecule has 6 nitrogen and oxygen atoms in total. The van der Waals surface area contributed by atoms with Crippen LogP contribution in [0.3, 0.4) is 0 Å². The van der Waals surface area contributed by atoms with Crippen molar-refractivity contribution in [1.82, 2.24) is 0 Å². The van der Waals surface area contributed by atoms with Crippen molar-refractivity contribution in [3.63, 3.8) is 0 Å². The maximum Gasteiger partial charge on any atom is 0.336 e. The third-order valence-corrected chi connectivity index (χ3v) is 6.66. The molecule has 1 aliphatic rings. The standard InChI is InChI=1S/C32H20O6/c1-3-17-5-9-23(31(35)36)25(13-17)19-7-11-21-27(15-19)29(33)22-12-8-20(16-28(22)30(21)34)26-14-18(4-2)6-10-24(26)32(37)38/h3-16H,1-2H2,(H,35,36)(H,37,38). The summed E-state index contributed by atoms with van der Waals surface area (Å²) in [6, 6.07) is 18.9. The van der Waals surface area contributed by atoms with E-state index < -0.39 is 11.9 Å². The Labute approximate surface area is 217 Å². The number of carboxylic acids is 2. The molecule has 4 aromatic carbocycles. The van der Waals surface area contributed by atoms with Gasteiger partial charge in [0.25, 0.3) is 0 Å².